The molecule has 1 aromatic carbocycles. The fraction of sp³-hybridized carbons (Fsp3) is 0.292. The van der Waals surface area contributed by atoms with Crippen molar-refractivity contribution in [3.8, 4) is 0 Å². The lowest BCUT2D eigenvalue weighted by Gasteiger charge is -2.36. The minimum Gasteiger partial charge on any atom is -0.463 e. The van der Waals surface area contributed by atoms with E-state index < -0.39 is 28.6 Å². The first-order valence-corrected chi connectivity index (χ1v) is 12.5. The summed E-state index contributed by atoms with van der Waals surface area (Å²) in [5.74, 6) is -0.860. The Morgan fingerprint density at radius 2 is 1.61 bits per heavy atom. The van der Waals surface area contributed by atoms with Crippen LogP contribution < -0.4 is 0 Å². The van der Waals surface area contributed by atoms with Gasteiger partial charge in [-0.3, -0.25) is 4.79 Å². The van der Waals surface area contributed by atoms with Crippen molar-refractivity contribution in [2.75, 3.05) is 33.3 Å². The Balaban J connectivity index is 1.56. The summed E-state index contributed by atoms with van der Waals surface area (Å²) in [6.07, 6.45) is 1.40. The number of urea groups is 1. The number of rotatable bonds is 6. The fourth-order valence-electron chi connectivity index (χ4n) is 3.72. The van der Waals surface area contributed by atoms with E-state index in [1.54, 1.807) is 24.3 Å². The van der Waals surface area contributed by atoms with Gasteiger partial charge in [0.1, 0.15) is 5.76 Å². The second-order valence-corrected chi connectivity index (χ2v) is 9.98. The Kier molecular flexibility index (Phi) is 7.15. The van der Waals surface area contributed by atoms with Crippen LogP contribution in [0.15, 0.2) is 68.5 Å². The Morgan fingerprint density at radius 3 is 2.22 bits per heavy atom. The molecule has 2 aromatic heterocycles. The average Bonchev–Trinajstić information content (AvgIpc) is 3.59. The van der Waals surface area contributed by atoms with Crippen LogP contribution in [0, 0.1) is 6.92 Å². The Morgan fingerprint density at radius 1 is 0.944 bits per heavy atom. The smallest absolute Gasteiger partial charge is 0.373 e. The molecule has 4 rings (SSSR count). The molecule has 190 valence electrons. The zero-order valence-electron chi connectivity index (χ0n) is 19.7. The molecule has 3 heterocycles. The first-order chi connectivity index (χ1) is 17.2. The third-order valence-corrected chi connectivity index (χ3v) is 7.47. The minimum absolute atomic E-state index is 0.0622. The number of ether oxygens (including phenoxy) is 1. The maximum atomic E-state index is 13.5. The number of sulfonamides is 1. The molecule has 3 aromatic rings. The van der Waals surface area contributed by atoms with Crippen molar-refractivity contribution >= 4 is 27.9 Å². The number of furan rings is 2. The number of aryl methyl sites for hydroxylation is 1. The van der Waals surface area contributed by atoms with E-state index in [2.05, 4.69) is 4.74 Å². The van der Waals surface area contributed by atoms with Crippen LogP contribution in [-0.4, -0.2) is 73.7 Å². The van der Waals surface area contributed by atoms with E-state index in [-0.39, 0.29) is 54.3 Å². The predicted molar refractivity (Wildman–Crippen MR) is 126 cm³/mol. The molecular formula is C24H25N3O8S. The van der Waals surface area contributed by atoms with Crippen LogP contribution in [0.4, 0.5) is 4.79 Å². The number of hydrogen-bond donors (Lipinski definition) is 0. The monoisotopic (exact) mass is 515 g/mol. The largest absolute Gasteiger partial charge is 0.463 e. The molecule has 12 heteroatoms. The summed E-state index contributed by atoms with van der Waals surface area (Å²) in [7, 11) is -3.08. The van der Waals surface area contributed by atoms with Crippen LogP contribution in [0.2, 0.25) is 0 Å². The number of methoxy groups -OCH3 is 1. The van der Waals surface area contributed by atoms with E-state index >= 15 is 0 Å². The van der Waals surface area contributed by atoms with Gasteiger partial charge >= 0.3 is 12.0 Å². The van der Waals surface area contributed by atoms with Crippen LogP contribution in [0.5, 0.6) is 0 Å². The Bertz CT molecular complexity index is 1340. The van der Waals surface area contributed by atoms with Crippen LogP contribution >= 0.6 is 0 Å². The van der Waals surface area contributed by atoms with Crippen molar-refractivity contribution in [1.82, 2.24) is 14.1 Å². The summed E-state index contributed by atoms with van der Waals surface area (Å²) in [5, 5.41) is 0. The normalized spacial score (nSPS) is 13.9. The zero-order valence-corrected chi connectivity index (χ0v) is 20.6. The molecule has 0 bridgehead atoms. The summed E-state index contributed by atoms with van der Waals surface area (Å²) in [6, 6.07) is 11.3. The molecule has 0 unspecified atom stereocenters. The molecule has 1 saturated heterocycles. The Labute approximate surface area is 207 Å². The van der Waals surface area contributed by atoms with Gasteiger partial charge in [-0.15, -0.1) is 0 Å². The van der Waals surface area contributed by atoms with E-state index in [0.29, 0.717) is 4.31 Å². The summed E-state index contributed by atoms with van der Waals surface area (Å²) < 4.78 is 43.0. The third kappa shape index (κ3) is 5.13. The number of carbonyl (C=O) groups excluding carboxylic acids is 3. The summed E-state index contributed by atoms with van der Waals surface area (Å²) >= 11 is 0. The molecule has 0 saturated carbocycles. The van der Waals surface area contributed by atoms with Crippen LogP contribution in [0.3, 0.4) is 0 Å². The van der Waals surface area contributed by atoms with Crippen molar-refractivity contribution in [2.45, 2.75) is 18.4 Å². The van der Waals surface area contributed by atoms with Crippen molar-refractivity contribution in [3.63, 3.8) is 0 Å². The zero-order chi connectivity index (χ0) is 25.9. The van der Waals surface area contributed by atoms with Gasteiger partial charge in [0.05, 0.1) is 24.8 Å². The van der Waals surface area contributed by atoms with Gasteiger partial charge in [-0.2, -0.15) is 0 Å². The maximum Gasteiger partial charge on any atom is 0.373 e. The maximum absolute atomic E-state index is 13.5. The number of amides is 3. The number of piperazine rings is 1. The lowest BCUT2D eigenvalue weighted by molar-refractivity contribution is 0.0560. The molecule has 3 amide bonds. The molecule has 0 N–H and O–H groups in total. The summed E-state index contributed by atoms with van der Waals surface area (Å²) in [6.45, 7) is 2.04. The first-order valence-electron chi connectivity index (χ1n) is 11.1. The summed E-state index contributed by atoms with van der Waals surface area (Å²) in [4.78, 5) is 40.6. The highest BCUT2D eigenvalue weighted by atomic mass is 32.2. The molecular weight excluding hydrogens is 490 g/mol. The lowest BCUT2D eigenvalue weighted by atomic mass is 10.2. The SMILES string of the molecule is COC(=O)c1ccc(CN(C(=O)N2CCN(C(=O)c3ccco3)CC2)S(=O)(=O)c2ccc(C)cc2)o1. The van der Waals surface area contributed by atoms with Crippen molar-refractivity contribution in [3.05, 3.63) is 77.6 Å². The van der Waals surface area contributed by atoms with Gasteiger partial charge in [0.25, 0.3) is 15.9 Å². The van der Waals surface area contributed by atoms with Gasteiger partial charge < -0.3 is 23.4 Å². The lowest BCUT2D eigenvalue weighted by Crippen LogP contribution is -2.54. The van der Waals surface area contributed by atoms with Crippen LogP contribution in [-0.2, 0) is 21.3 Å². The van der Waals surface area contributed by atoms with E-state index in [1.165, 1.54) is 47.4 Å². The van der Waals surface area contributed by atoms with Gasteiger partial charge in [0, 0.05) is 26.2 Å². The fourth-order valence-corrected chi connectivity index (χ4v) is 5.08. The van der Waals surface area contributed by atoms with E-state index in [1.807, 2.05) is 6.92 Å². The van der Waals surface area contributed by atoms with E-state index in [0.717, 1.165) is 5.56 Å². The van der Waals surface area contributed by atoms with Crippen molar-refractivity contribution in [2.24, 2.45) is 0 Å². The van der Waals surface area contributed by atoms with Crippen LogP contribution in [0.1, 0.15) is 32.4 Å². The van der Waals surface area contributed by atoms with Gasteiger partial charge in [0.15, 0.2) is 5.76 Å². The number of benzene rings is 1. The number of carbonyl (C=O) groups is 3. The molecule has 0 spiro atoms. The predicted octanol–water partition coefficient (Wildman–Crippen LogP) is 2.74. The second-order valence-electron chi connectivity index (χ2n) is 8.12. The van der Waals surface area contributed by atoms with Gasteiger partial charge in [-0.1, -0.05) is 17.7 Å². The van der Waals surface area contributed by atoms with E-state index in [9.17, 15) is 22.8 Å². The number of hydrogen-bond acceptors (Lipinski definition) is 8. The van der Waals surface area contributed by atoms with E-state index in [4.69, 9.17) is 8.83 Å². The third-order valence-electron chi connectivity index (χ3n) is 5.74. The quantitative estimate of drug-likeness (QED) is 0.458. The van der Waals surface area contributed by atoms with Crippen LogP contribution in [0.25, 0.3) is 0 Å². The Hall–Kier alpha value is -4.06. The second kappa shape index (κ2) is 10.3. The average molecular weight is 516 g/mol. The van der Waals surface area contributed by atoms with Gasteiger partial charge in [-0.25, -0.2) is 22.3 Å². The van der Waals surface area contributed by atoms with Crippen molar-refractivity contribution in [1.29, 1.82) is 0 Å². The molecule has 1 fully saturated rings. The number of esters is 1. The van der Waals surface area contributed by atoms with Crippen molar-refractivity contribution < 1.29 is 36.4 Å². The molecule has 36 heavy (non-hydrogen) atoms. The molecule has 0 aliphatic carbocycles. The topological polar surface area (TPSA) is 131 Å². The summed E-state index contributed by atoms with van der Waals surface area (Å²) in [5.41, 5.74) is 0.859. The highest BCUT2D eigenvalue weighted by molar-refractivity contribution is 7.89. The van der Waals surface area contributed by atoms with Gasteiger partial charge in [0.2, 0.25) is 5.76 Å². The minimum atomic E-state index is -4.28. The molecule has 1 aliphatic rings. The molecule has 1 aliphatic heterocycles. The van der Waals surface area contributed by atoms with Gasteiger partial charge in [-0.05, 0) is 43.3 Å². The number of nitrogens with zero attached hydrogens (tertiary/aromatic N) is 3. The molecule has 11 nitrogen and oxygen atoms in total. The standard InChI is InChI=1S/C24H25N3O8S/c1-17-5-8-19(9-6-17)36(31,32)27(16-18-7-10-21(35-18)23(29)33-2)24(30)26-13-11-25(12-14-26)22(28)20-4-3-15-34-20/h3-10,15H,11-14,16H2,1-2H3. The highest BCUT2D eigenvalue weighted by Crippen LogP contribution is 2.23. The highest BCUT2D eigenvalue weighted by Gasteiger charge is 2.36. The first kappa shape index (κ1) is 25.0. The molecule has 0 radical (unpaired) electrons. The molecule has 0 atom stereocenters.